The summed E-state index contributed by atoms with van der Waals surface area (Å²) in [4.78, 5) is 23.9. The maximum Gasteiger partial charge on any atom is 0.165 e. The van der Waals surface area contributed by atoms with Crippen molar-refractivity contribution < 1.29 is 0 Å². The van der Waals surface area contributed by atoms with Crippen LogP contribution < -0.4 is 0 Å². The normalized spacial score (nSPS) is 11.3. The highest BCUT2D eigenvalue weighted by molar-refractivity contribution is 7.26. The summed E-state index contributed by atoms with van der Waals surface area (Å²) < 4.78 is 2.36. The van der Waals surface area contributed by atoms with Crippen LogP contribution in [0.5, 0.6) is 0 Å². The molecule has 0 N–H and O–H groups in total. The van der Waals surface area contributed by atoms with E-state index in [1.165, 1.54) is 15.5 Å². The van der Waals surface area contributed by atoms with Gasteiger partial charge in [0.15, 0.2) is 17.5 Å². The van der Waals surface area contributed by atoms with Crippen LogP contribution in [0.4, 0.5) is 0 Å². The SMILES string of the molecule is c1ccc(-c2ccc(-c3nc(-c4ccncc4)nc(-c4cc(-c5cccc(-c6cccc(-c7ccncc7)c6)c5)cc5c4sc4ccccc45)n3)cc2)cc1. The first-order valence-electron chi connectivity index (χ1n) is 18.1. The highest BCUT2D eigenvalue weighted by Crippen LogP contribution is 2.43. The summed E-state index contributed by atoms with van der Waals surface area (Å²) in [6.45, 7) is 0. The zero-order valence-electron chi connectivity index (χ0n) is 29.5. The Labute approximate surface area is 322 Å². The van der Waals surface area contributed by atoms with E-state index in [9.17, 15) is 0 Å². The molecule has 55 heavy (non-hydrogen) atoms. The van der Waals surface area contributed by atoms with E-state index >= 15 is 0 Å². The number of hydrogen-bond donors (Lipinski definition) is 0. The molecule has 0 spiro atoms. The van der Waals surface area contributed by atoms with Gasteiger partial charge in [-0.15, -0.1) is 11.3 Å². The first-order valence-corrected chi connectivity index (χ1v) is 18.9. The third kappa shape index (κ3) is 6.35. The van der Waals surface area contributed by atoms with Crippen LogP contribution >= 0.6 is 11.3 Å². The molecule has 10 rings (SSSR count). The molecule has 4 aromatic heterocycles. The third-order valence-electron chi connectivity index (χ3n) is 9.95. The molecule has 0 unspecified atom stereocenters. The summed E-state index contributed by atoms with van der Waals surface area (Å²) >= 11 is 1.77. The van der Waals surface area contributed by atoms with E-state index in [1.807, 2.05) is 42.7 Å². The number of hydrogen-bond acceptors (Lipinski definition) is 6. The summed E-state index contributed by atoms with van der Waals surface area (Å²) in [5.74, 6) is 1.85. The minimum Gasteiger partial charge on any atom is -0.265 e. The Morgan fingerprint density at radius 2 is 0.782 bits per heavy atom. The Balaban J connectivity index is 1.14. The van der Waals surface area contributed by atoms with Crippen molar-refractivity contribution in [1.82, 2.24) is 24.9 Å². The number of benzene rings is 6. The van der Waals surface area contributed by atoms with Crippen molar-refractivity contribution in [2.75, 3.05) is 0 Å². The maximum atomic E-state index is 5.22. The fourth-order valence-corrected chi connectivity index (χ4v) is 8.35. The third-order valence-corrected chi connectivity index (χ3v) is 11.2. The van der Waals surface area contributed by atoms with Gasteiger partial charge < -0.3 is 0 Å². The topological polar surface area (TPSA) is 64.5 Å². The lowest BCUT2D eigenvalue weighted by molar-refractivity contribution is 1.07. The van der Waals surface area contributed by atoms with E-state index in [-0.39, 0.29) is 0 Å². The van der Waals surface area contributed by atoms with E-state index in [4.69, 9.17) is 15.0 Å². The Morgan fingerprint density at radius 3 is 1.45 bits per heavy atom. The number of thiophene rings is 1. The standard InChI is InChI=1S/C49H31N5S/c1-2-8-32(9-3-1)33-16-18-35(19-17-33)47-52-48(36-22-26-51-27-23-36)54-49(53-47)44-31-41(30-43-42-14-4-5-15-45(42)55-46(43)44)40-13-7-12-39(29-40)38-11-6-10-37(28-38)34-20-24-50-25-21-34/h1-31H. The quantitative estimate of drug-likeness (QED) is 0.164. The van der Waals surface area contributed by atoms with Crippen LogP contribution in [0.15, 0.2) is 189 Å². The van der Waals surface area contributed by atoms with Gasteiger partial charge in [0.2, 0.25) is 0 Å². The molecule has 0 amide bonds. The lowest BCUT2D eigenvalue weighted by Crippen LogP contribution is -2.00. The molecule has 258 valence electrons. The van der Waals surface area contributed by atoms with Gasteiger partial charge in [-0.05, 0) is 99.1 Å². The molecular formula is C49H31N5S. The largest absolute Gasteiger partial charge is 0.265 e. The smallest absolute Gasteiger partial charge is 0.165 e. The summed E-state index contributed by atoms with van der Waals surface area (Å²) in [6.07, 6.45) is 7.22. The van der Waals surface area contributed by atoms with Gasteiger partial charge in [0.05, 0.1) is 0 Å². The highest BCUT2D eigenvalue weighted by atomic mass is 32.1. The molecule has 0 saturated carbocycles. The zero-order valence-corrected chi connectivity index (χ0v) is 30.4. The first-order chi connectivity index (χ1) is 27.2. The summed E-state index contributed by atoms with van der Waals surface area (Å²) in [7, 11) is 0. The Bertz CT molecular complexity index is 2960. The lowest BCUT2D eigenvalue weighted by atomic mass is 9.95. The van der Waals surface area contributed by atoms with Crippen molar-refractivity contribution in [2.24, 2.45) is 0 Å². The predicted octanol–water partition coefficient (Wildman–Crippen LogP) is 12.7. The highest BCUT2D eigenvalue weighted by Gasteiger charge is 2.19. The van der Waals surface area contributed by atoms with Crippen LogP contribution in [0, 0.1) is 0 Å². The number of rotatable bonds is 7. The Morgan fingerprint density at radius 1 is 0.309 bits per heavy atom. The van der Waals surface area contributed by atoms with Crippen LogP contribution in [0.3, 0.4) is 0 Å². The second-order valence-corrected chi connectivity index (χ2v) is 14.4. The molecule has 0 aliphatic carbocycles. The van der Waals surface area contributed by atoms with Crippen molar-refractivity contribution in [3.05, 3.63) is 189 Å². The summed E-state index contributed by atoms with van der Waals surface area (Å²) in [5, 5.41) is 2.39. The Hall–Kier alpha value is -7.15. The monoisotopic (exact) mass is 721 g/mol. The number of aromatic nitrogens is 5. The zero-order chi connectivity index (χ0) is 36.6. The van der Waals surface area contributed by atoms with Gasteiger partial charge in [-0.3, -0.25) is 9.97 Å². The van der Waals surface area contributed by atoms with Crippen LogP contribution in [-0.2, 0) is 0 Å². The number of fused-ring (bicyclic) bond motifs is 3. The molecule has 0 saturated heterocycles. The van der Waals surface area contributed by atoms with Crippen molar-refractivity contribution in [1.29, 1.82) is 0 Å². The molecule has 0 radical (unpaired) electrons. The number of nitrogens with zero attached hydrogens (tertiary/aromatic N) is 5. The fraction of sp³-hybridized carbons (Fsp3) is 0. The molecular weight excluding hydrogens is 691 g/mol. The molecule has 10 aromatic rings. The molecule has 0 fully saturated rings. The van der Waals surface area contributed by atoms with Gasteiger partial charge in [0.25, 0.3) is 0 Å². The van der Waals surface area contributed by atoms with Gasteiger partial charge in [-0.1, -0.05) is 109 Å². The summed E-state index contributed by atoms with van der Waals surface area (Å²) in [6, 6.07) is 57.5. The van der Waals surface area contributed by atoms with Crippen LogP contribution in [0.2, 0.25) is 0 Å². The van der Waals surface area contributed by atoms with E-state index in [2.05, 4.69) is 143 Å². The van der Waals surface area contributed by atoms with Gasteiger partial charge in [0, 0.05) is 61.7 Å². The van der Waals surface area contributed by atoms with Crippen molar-refractivity contribution in [3.63, 3.8) is 0 Å². The van der Waals surface area contributed by atoms with Gasteiger partial charge in [-0.2, -0.15) is 0 Å². The van der Waals surface area contributed by atoms with Crippen LogP contribution in [0.1, 0.15) is 0 Å². The molecule has 4 heterocycles. The molecule has 6 aromatic carbocycles. The number of pyridine rings is 2. The van der Waals surface area contributed by atoms with Crippen LogP contribution in [-0.4, -0.2) is 24.9 Å². The lowest BCUT2D eigenvalue weighted by Gasteiger charge is -2.12. The van der Waals surface area contributed by atoms with Crippen molar-refractivity contribution in [2.45, 2.75) is 0 Å². The van der Waals surface area contributed by atoms with E-state index in [0.29, 0.717) is 17.5 Å². The first kappa shape index (κ1) is 32.5. The fourth-order valence-electron chi connectivity index (χ4n) is 7.16. The molecule has 5 nitrogen and oxygen atoms in total. The van der Waals surface area contributed by atoms with E-state index < -0.39 is 0 Å². The minimum atomic E-state index is 0.602. The average molecular weight is 722 g/mol. The minimum absolute atomic E-state index is 0.602. The molecule has 6 heteroatoms. The van der Waals surface area contributed by atoms with Gasteiger partial charge >= 0.3 is 0 Å². The maximum absolute atomic E-state index is 5.22. The molecule has 0 aliphatic heterocycles. The predicted molar refractivity (Wildman–Crippen MR) is 226 cm³/mol. The van der Waals surface area contributed by atoms with E-state index in [1.54, 1.807) is 23.7 Å². The second kappa shape index (κ2) is 14.0. The van der Waals surface area contributed by atoms with Gasteiger partial charge in [-0.25, -0.2) is 15.0 Å². The molecule has 0 atom stereocenters. The Kier molecular flexibility index (Phi) is 8.28. The van der Waals surface area contributed by atoms with Crippen LogP contribution in [0.25, 0.3) is 98.8 Å². The summed E-state index contributed by atoms with van der Waals surface area (Å²) in [5.41, 5.74) is 11.9. The van der Waals surface area contributed by atoms with Gasteiger partial charge in [0.1, 0.15) is 0 Å². The molecule has 0 aliphatic rings. The van der Waals surface area contributed by atoms with Crippen molar-refractivity contribution >= 4 is 31.5 Å². The second-order valence-electron chi connectivity index (χ2n) is 13.4. The van der Waals surface area contributed by atoms with E-state index in [0.717, 1.165) is 65.9 Å². The molecule has 0 bridgehead atoms. The average Bonchev–Trinajstić information content (AvgIpc) is 3.66. The van der Waals surface area contributed by atoms with Crippen molar-refractivity contribution in [3.8, 4) is 78.7 Å².